The average molecular weight is 302 g/mol. The largest absolute Gasteiger partial charge is 0.464 e. The van der Waals surface area contributed by atoms with E-state index in [4.69, 9.17) is 4.74 Å². The van der Waals surface area contributed by atoms with Gasteiger partial charge in [-0.15, -0.1) is 10.2 Å². The highest BCUT2D eigenvalue weighted by Gasteiger charge is 2.22. The molecule has 3 heterocycles. The van der Waals surface area contributed by atoms with E-state index in [0.29, 0.717) is 17.3 Å². The number of hydrogen-bond acceptors (Lipinski definition) is 5. The predicted octanol–water partition coefficient (Wildman–Crippen LogP) is 1.79. The molecule has 0 atom stereocenters. The minimum Gasteiger partial charge on any atom is -0.464 e. The molecule has 2 aromatic rings. The number of methoxy groups -OCH3 is 1. The third-order valence-electron chi connectivity index (χ3n) is 4.52. The van der Waals surface area contributed by atoms with Crippen molar-refractivity contribution in [3.63, 3.8) is 0 Å². The minimum absolute atomic E-state index is 0.354. The Balaban J connectivity index is 1.84. The second-order valence-corrected chi connectivity index (χ2v) is 5.79. The number of piperidine rings is 1. The fourth-order valence-electron chi connectivity index (χ4n) is 3.16. The van der Waals surface area contributed by atoms with E-state index in [-0.39, 0.29) is 5.97 Å². The number of esters is 1. The number of hydrogen-bond donors (Lipinski definition) is 0. The molecule has 0 amide bonds. The zero-order valence-corrected chi connectivity index (χ0v) is 13.2. The first-order valence-electron chi connectivity index (χ1n) is 7.86. The van der Waals surface area contributed by atoms with E-state index in [2.05, 4.69) is 22.0 Å². The van der Waals surface area contributed by atoms with Crippen molar-refractivity contribution in [3.8, 4) is 0 Å². The summed E-state index contributed by atoms with van der Waals surface area (Å²) in [6.07, 6.45) is 3.19. The van der Waals surface area contributed by atoms with Crippen LogP contribution in [0.5, 0.6) is 0 Å². The van der Waals surface area contributed by atoms with Crippen molar-refractivity contribution in [2.75, 3.05) is 26.7 Å². The molecule has 118 valence electrons. The van der Waals surface area contributed by atoms with Gasteiger partial charge in [0, 0.05) is 6.42 Å². The average Bonchev–Trinajstić information content (AvgIpc) is 2.98. The van der Waals surface area contributed by atoms with Gasteiger partial charge in [-0.2, -0.15) is 0 Å². The van der Waals surface area contributed by atoms with Crippen molar-refractivity contribution in [2.45, 2.75) is 26.2 Å². The maximum absolute atomic E-state index is 11.9. The molecule has 0 saturated carbocycles. The summed E-state index contributed by atoms with van der Waals surface area (Å²) in [4.78, 5) is 14.4. The Morgan fingerprint density at radius 1 is 1.32 bits per heavy atom. The smallest absolute Gasteiger partial charge is 0.355 e. The summed E-state index contributed by atoms with van der Waals surface area (Å²) in [5.41, 5.74) is 1.19. The van der Waals surface area contributed by atoms with Crippen molar-refractivity contribution < 1.29 is 9.53 Å². The third kappa shape index (κ3) is 2.83. The van der Waals surface area contributed by atoms with E-state index in [0.717, 1.165) is 31.9 Å². The summed E-state index contributed by atoms with van der Waals surface area (Å²) in [7, 11) is 1.39. The number of nitrogens with zero attached hydrogens (tertiary/aromatic N) is 4. The van der Waals surface area contributed by atoms with Gasteiger partial charge < -0.3 is 9.64 Å². The molecule has 6 heteroatoms. The number of ether oxygens (including phenoxy) is 1. The predicted molar refractivity (Wildman–Crippen MR) is 82.9 cm³/mol. The number of fused-ring (bicyclic) bond motifs is 1. The van der Waals surface area contributed by atoms with E-state index in [1.54, 1.807) is 12.1 Å². The highest BCUT2D eigenvalue weighted by molar-refractivity contribution is 5.88. The van der Waals surface area contributed by atoms with Crippen LogP contribution in [0.3, 0.4) is 0 Å². The maximum atomic E-state index is 11.9. The second kappa shape index (κ2) is 6.44. The van der Waals surface area contributed by atoms with Crippen LogP contribution in [-0.2, 0) is 11.2 Å². The number of rotatable bonds is 4. The highest BCUT2D eigenvalue weighted by atomic mass is 16.5. The lowest BCUT2D eigenvalue weighted by molar-refractivity contribution is 0.0591. The summed E-state index contributed by atoms with van der Waals surface area (Å²) < 4.78 is 6.70. The van der Waals surface area contributed by atoms with E-state index >= 15 is 0 Å². The molecule has 6 nitrogen and oxygen atoms in total. The Morgan fingerprint density at radius 3 is 2.77 bits per heavy atom. The molecule has 0 radical (unpaired) electrons. The van der Waals surface area contributed by atoms with Crippen molar-refractivity contribution >= 4 is 11.6 Å². The molecule has 0 aromatic carbocycles. The van der Waals surface area contributed by atoms with Crippen LogP contribution >= 0.6 is 0 Å². The normalized spacial score (nSPS) is 17.0. The van der Waals surface area contributed by atoms with Crippen molar-refractivity contribution in [2.24, 2.45) is 5.92 Å². The van der Waals surface area contributed by atoms with Crippen LogP contribution in [0.25, 0.3) is 5.65 Å². The fourth-order valence-corrected chi connectivity index (χ4v) is 3.16. The molecule has 22 heavy (non-hydrogen) atoms. The summed E-state index contributed by atoms with van der Waals surface area (Å²) >= 11 is 0. The molecule has 0 spiro atoms. The van der Waals surface area contributed by atoms with Crippen LogP contribution in [0, 0.1) is 5.92 Å². The first kappa shape index (κ1) is 15.0. The monoisotopic (exact) mass is 302 g/mol. The van der Waals surface area contributed by atoms with Crippen LogP contribution in [-0.4, -0.2) is 52.2 Å². The molecule has 1 saturated heterocycles. The van der Waals surface area contributed by atoms with Gasteiger partial charge in [-0.3, -0.25) is 4.40 Å². The van der Waals surface area contributed by atoms with Gasteiger partial charge in [-0.1, -0.05) is 13.0 Å². The van der Waals surface area contributed by atoms with E-state index in [1.165, 1.54) is 20.0 Å². The van der Waals surface area contributed by atoms with Gasteiger partial charge in [0.05, 0.1) is 7.11 Å². The van der Waals surface area contributed by atoms with Crippen molar-refractivity contribution in [1.82, 2.24) is 19.5 Å². The Bertz CT molecular complexity index is 659. The summed E-state index contributed by atoms with van der Waals surface area (Å²) in [6.45, 7) is 5.60. The standard InChI is InChI=1S/C16H22N4O2/c1-3-19-9-7-12(8-10-19)11-15-18-17-14-6-4-5-13(20(14)15)16(21)22-2/h4-6,12H,3,7-11H2,1-2H3. The van der Waals surface area contributed by atoms with Gasteiger partial charge in [-0.05, 0) is 50.5 Å². The Labute approximate surface area is 130 Å². The van der Waals surface area contributed by atoms with Gasteiger partial charge in [-0.25, -0.2) is 4.79 Å². The van der Waals surface area contributed by atoms with Gasteiger partial charge in [0.15, 0.2) is 5.65 Å². The van der Waals surface area contributed by atoms with Gasteiger partial charge >= 0.3 is 5.97 Å². The molecular weight excluding hydrogens is 280 g/mol. The molecule has 3 rings (SSSR count). The number of carbonyl (C=O) groups is 1. The zero-order valence-electron chi connectivity index (χ0n) is 13.2. The lowest BCUT2D eigenvalue weighted by Gasteiger charge is -2.30. The summed E-state index contributed by atoms with van der Waals surface area (Å²) in [5.74, 6) is 1.10. The van der Waals surface area contributed by atoms with Crippen LogP contribution in [0.4, 0.5) is 0 Å². The lowest BCUT2D eigenvalue weighted by atomic mass is 9.93. The minimum atomic E-state index is -0.354. The summed E-state index contributed by atoms with van der Waals surface area (Å²) in [6, 6.07) is 5.42. The topological polar surface area (TPSA) is 59.7 Å². The number of aromatic nitrogens is 3. The Hall–Kier alpha value is -1.95. The van der Waals surface area contributed by atoms with E-state index in [9.17, 15) is 4.79 Å². The van der Waals surface area contributed by atoms with Gasteiger partial charge in [0.1, 0.15) is 11.5 Å². The second-order valence-electron chi connectivity index (χ2n) is 5.79. The van der Waals surface area contributed by atoms with Crippen molar-refractivity contribution in [1.29, 1.82) is 0 Å². The molecule has 0 bridgehead atoms. The van der Waals surface area contributed by atoms with Gasteiger partial charge in [0.25, 0.3) is 0 Å². The van der Waals surface area contributed by atoms with Crippen LogP contribution in [0.2, 0.25) is 0 Å². The summed E-state index contributed by atoms with van der Waals surface area (Å²) in [5, 5.41) is 8.48. The zero-order chi connectivity index (χ0) is 15.5. The highest BCUT2D eigenvalue weighted by Crippen LogP contribution is 2.22. The molecule has 0 aliphatic carbocycles. The molecule has 1 aliphatic rings. The number of pyridine rings is 1. The van der Waals surface area contributed by atoms with Crippen LogP contribution in [0.15, 0.2) is 18.2 Å². The fraction of sp³-hybridized carbons (Fsp3) is 0.562. The Morgan fingerprint density at radius 2 is 2.09 bits per heavy atom. The number of carbonyl (C=O) groups excluding carboxylic acids is 1. The Kier molecular flexibility index (Phi) is 4.38. The molecular formula is C16H22N4O2. The molecule has 1 aliphatic heterocycles. The first-order chi connectivity index (χ1) is 10.7. The van der Waals surface area contributed by atoms with Crippen LogP contribution in [0.1, 0.15) is 36.1 Å². The molecule has 2 aromatic heterocycles. The molecule has 0 unspecified atom stereocenters. The molecule has 0 N–H and O–H groups in total. The van der Waals surface area contributed by atoms with E-state index < -0.39 is 0 Å². The quantitative estimate of drug-likeness (QED) is 0.806. The van der Waals surface area contributed by atoms with Crippen LogP contribution < -0.4 is 0 Å². The molecule has 1 fully saturated rings. The lowest BCUT2D eigenvalue weighted by Crippen LogP contribution is -2.34. The third-order valence-corrected chi connectivity index (χ3v) is 4.52. The van der Waals surface area contributed by atoms with Crippen molar-refractivity contribution in [3.05, 3.63) is 29.7 Å². The van der Waals surface area contributed by atoms with E-state index in [1.807, 2.05) is 10.5 Å². The number of likely N-dealkylation sites (tertiary alicyclic amines) is 1. The SMILES string of the molecule is CCN1CCC(Cc2nnc3cccc(C(=O)OC)n23)CC1. The maximum Gasteiger partial charge on any atom is 0.355 e. The van der Waals surface area contributed by atoms with Gasteiger partial charge in [0.2, 0.25) is 0 Å². The first-order valence-corrected chi connectivity index (χ1v) is 7.86.